The van der Waals surface area contributed by atoms with Crippen molar-refractivity contribution in [1.82, 2.24) is 5.32 Å². The van der Waals surface area contributed by atoms with Crippen molar-refractivity contribution in [2.24, 2.45) is 0 Å². The summed E-state index contributed by atoms with van der Waals surface area (Å²) in [4.78, 5) is 4.75. The zero-order valence-electron chi connectivity index (χ0n) is 29.1. The first-order valence-electron chi connectivity index (χ1n) is 15.4. The van der Waals surface area contributed by atoms with Gasteiger partial charge in [-0.05, 0) is 112 Å². The number of hydrogen-bond acceptors (Lipinski definition) is 3. The van der Waals surface area contributed by atoms with Crippen molar-refractivity contribution < 1.29 is 26.2 Å². The van der Waals surface area contributed by atoms with Crippen LogP contribution in [-0.2, 0) is 26.2 Å². The van der Waals surface area contributed by atoms with E-state index in [1.165, 1.54) is 55.9 Å². The molecule has 0 heterocycles. The molecule has 0 amide bonds. The Morgan fingerprint density at radius 3 is 1.09 bits per heavy atom. The molecule has 0 saturated carbocycles. The van der Waals surface area contributed by atoms with E-state index in [0.29, 0.717) is 0 Å². The summed E-state index contributed by atoms with van der Waals surface area (Å²) in [6, 6.07) is 24.4. The zero-order chi connectivity index (χ0) is 32.1. The number of hydrogen-bond donors (Lipinski definition) is 1. The fourth-order valence-electron chi connectivity index (χ4n) is 4.99. The third-order valence-electron chi connectivity index (χ3n) is 8.66. The van der Waals surface area contributed by atoms with Crippen molar-refractivity contribution in [3.63, 3.8) is 0 Å². The predicted molar refractivity (Wildman–Crippen MR) is 192 cm³/mol. The molecule has 0 unspecified atom stereocenters. The fraction of sp³-hybridized carbons (Fsp3) is 0.350. The maximum Gasteiger partial charge on any atom is 2.00 e. The average Bonchev–Trinajstić information content (AvgIpc) is 2.99. The van der Waals surface area contributed by atoms with Crippen LogP contribution >= 0.6 is 0 Å². The zero-order valence-corrected chi connectivity index (χ0v) is 31.5. The molecule has 4 heteroatoms. The smallest absolute Gasteiger partial charge is 0.373 e. The minimum atomic E-state index is 0. The molecular formula is C40H55N3Zr. The summed E-state index contributed by atoms with van der Waals surface area (Å²) in [6.07, 6.45) is 0. The number of nitrogens with zero attached hydrogens (tertiary/aromatic N) is 2. The summed E-state index contributed by atoms with van der Waals surface area (Å²) in [6.45, 7) is 29.2. The number of aryl methyl sites for hydroxylation is 2. The molecular weight excluding hydrogens is 614 g/mol. The van der Waals surface area contributed by atoms with Gasteiger partial charge in [-0.3, -0.25) is 0 Å². The van der Waals surface area contributed by atoms with Crippen LogP contribution in [0.25, 0.3) is 0 Å². The van der Waals surface area contributed by atoms with Crippen LogP contribution in [0.3, 0.4) is 0 Å². The summed E-state index contributed by atoms with van der Waals surface area (Å²) < 4.78 is 0. The Morgan fingerprint density at radius 1 is 0.500 bits per heavy atom. The molecule has 0 aliphatic carbocycles. The molecule has 3 nitrogen and oxygen atoms in total. The maximum absolute atomic E-state index is 3.72. The van der Waals surface area contributed by atoms with Gasteiger partial charge in [0, 0.05) is 51.6 Å². The van der Waals surface area contributed by atoms with Crippen LogP contribution < -0.4 is 15.1 Å². The van der Waals surface area contributed by atoms with E-state index in [0.717, 1.165) is 37.3 Å². The monoisotopic (exact) mass is 667 g/mol. The second kappa shape index (κ2) is 19.5. The molecule has 0 spiro atoms. The second-order valence-electron chi connectivity index (χ2n) is 11.7. The van der Waals surface area contributed by atoms with Gasteiger partial charge in [0.05, 0.1) is 0 Å². The summed E-state index contributed by atoms with van der Waals surface area (Å²) in [5, 5.41) is 3.62. The van der Waals surface area contributed by atoms with Crippen molar-refractivity contribution >= 4 is 11.4 Å². The van der Waals surface area contributed by atoms with Gasteiger partial charge in [0.1, 0.15) is 0 Å². The number of rotatable bonds is 8. The van der Waals surface area contributed by atoms with Gasteiger partial charge >= 0.3 is 26.2 Å². The Balaban J connectivity index is 0.000000523. The first-order valence-corrected chi connectivity index (χ1v) is 15.4. The average molecular weight is 669 g/mol. The van der Waals surface area contributed by atoms with E-state index >= 15 is 0 Å². The molecule has 0 atom stereocenters. The summed E-state index contributed by atoms with van der Waals surface area (Å²) in [7, 11) is 4.40. The SMILES string of the molecule is Cc1cc(N(C)CCNCCN(C)c2cc(C)c(C)c(C)c2C)c(C)c(C)c1C.[CH2-]c1ccccc1.[CH2-]c1ccccc1.[Zr+2]. The summed E-state index contributed by atoms with van der Waals surface area (Å²) in [5.74, 6) is 0. The van der Waals surface area contributed by atoms with Crippen LogP contribution in [0.2, 0.25) is 0 Å². The van der Waals surface area contributed by atoms with Gasteiger partial charge in [-0.25, -0.2) is 0 Å². The predicted octanol–water partition coefficient (Wildman–Crippen LogP) is 9.05. The normalized spacial score (nSPS) is 10.0. The number of anilines is 2. The minimum absolute atomic E-state index is 0. The topological polar surface area (TPSA) is 18.5 Å². The molecule has 0 aromatic heterocycles. The Morgan fingerprint density at radius 2 is 0.818 bits per heavy atom. The van der Waals surface area contributed by atoms with Crippen LogP contribution in [0.1, 0.15) is 55.6 Å². The maximum atomic E-state index is 3.72. The van der Waals surface area contributed by atoms with Crippen LogP contribution in [0.15, 0.2) is 72.8 Å². The third-order valence-corrected chi connectivity index (χ3v) is 8.66. The van der Waals surface area contributed by atoms with Crippen LogP contribution in [0, 0.1) is 69.2 Å². The van der Waals surface area contributed by atoms with Crippen molar-refractivity contribution in [1.29, 1.82) is 0 Å². The van der Waals surface area contributed by atoms with Gasteiger partial charge in [0.25, 0.3) is 0 Å². The number of benzene rings is 4. The molecule has 4 aromatic rings. The minimum Gasteiger partial charge on any atom is -0.373 e. The van der Waals surface area contributed by atoms with E-state index in [4.69, 9.17) is 0 Å². The van der Waals surface area contributed by atoms with E-state index in [1.54, 1.807) is 0 Å². The molecule has 4 rings (SSSR count). The van der Waals surface area contributed by atoms with E-state index < -0.39 is 0 Å². The van der Waals surface area contributed by atoms with E-state index in [2.05, 4.69) is 111 Å². The molecule has 0 fully saturated rings. The molecule has 0 aliphatic rings. The molecule has 0 aliphatic heterocycles. The first kappa shape index (κ1) is 39.1. The summed E-state index contributed by atoms with van der Waals surface area (Å²) in [5.41, 5.74) is 16.1. The van der Waals surface area contributed by atoms with Crippen molar-refractivity contribution in [3.8, 4) is 0 Å². The Bertz CT molecular complexity index is 1310. The van der Waals surface area contributed by atoms with Gasteiger partial charge in [0.15, 0.2) is 0 Å². The van der Waals surface area contributed by atoms with E-state index in [-0.39, 0.29) is 26.2 Å². The third kappa shape index (κ3) is 11.9. The largest absolute Gasteiger partial charge is 2.00 e. The van der Waals surface area contributed by atoms with Gasteiger partial charge in [-0.2, -0.15) is 49.2 Å². The standard InChI is InChI=1S/C26H41N3.2C7H7.Zr/c1-17-15-25(23(7)21(5)19(17)3)28(9)13-11-27-12-14-29(10)26-16-18(2)20(4)22(6)24(26)8;2*1-7-5-3-2-4-6-7;/h15-16,27H,11-14H2,1-10H3;2*2-6H,1H2;/q;2*-1;+2. The van der Waals surface area contributed by atoms with Gasteiger partial charge in [0.2, 0.25) is 0 Å². The Hall–Kier alpha value is -2.94. The van der Waals surface area contributed by atoms with Crippen molar-refractivity contribution in [2.75, 3.05) is 50.1 Å². The second-order valence-corrected chi connectivity index (χ2v) is 11.7. The van der Waals surface area contributed by atoms with Crippen LogP contribution in [0.4, 0.5) is 11.4 Å². The van der Waals surface area contributed by atoms with Crippen molar-refractivity contribution in [2.45, 2.75) is 55.4 Å². The molecule has 0 saturated heterocycles. The van der Waals surface area contributed by atoms with Crippen LogP contribution in [0.5, 0.6) is 0 Å². The van der Waals surface area contributed by atoms with Gasteiger partial charge < -0.3 is 15.1 Å². The quantitative estimate of drug-likeness (QED) is 0.149. The number of likely N-dealkylation sites (N-methyl/N-ethyl adjacent to an activating group) is 2. The first-order chi connectivity index (χ1) is 20.3. The Kier molecular flexibility index (Phi) is 17.3. The Labute approximate surface area is 289 Å². The molecule has 0 bridgehead atoms. The molecule has 4 aromatic carbocycles. The van der Waals surface area contributed by atoms with Crippen LogP contribution in [-0.4, -0.2) is 40.3 Å². The van der Waals surface area contributed by atoms with Gasteiger partial charge in [-0.15, -0.1) is 24.3 Å². The molecule has 44 heavy (non-hydrogen) atoms. The summed E-state index contributed by atoms with van der Waals surface area (Å²) >= 11 is 0. The van der Waals surface area contributed by atoms with Crippen molar-refractivity contribution in [3.05, 3.63) is 142 Å². The fourth-order valence-corrected chi connectivity index (χ4v) is 4.99. The van der Waals surface area contributed by atoms with E-state index in [1.807, 2.05) is 60.7 Å². The number of nitrogens with one attached hydrogen (secondary N) is 1. The molecule has 1 N–H and O–H groups in total. The van der Waals surface area contributed by atoms with E-state index in [9.17, 15) is 0 Å². The van der Waals surface area contributed by atoms with Gasteiger partial charge in [-0.1, -0.05) is 12.1 Å². The molecule has 0 radical (unpaired) electrons. The molecule has 234 valence electrons.